The number of benzene rings is 3. The Morgan fingerprint density at radius 3 is 2.69 bits per heavy atom. The fourth-order valence-corrected chi connectivity index (χ4v) is 4.96. The first-order valence-corrected chi connectivity index (χ1v) is 13.5. The summed E-state index contributed by atoms with van der Waals surface area (Å²) in [6.07, 6.45) is 3.30. The van der Waals surface area contributed by atoms with Gasteiger partial charge in [0.05, 0.1) is 16.8 Å². The number of aromatic nitrogens is 6. The molecule has 0 aliphatic rings. The van der Waals surface area contributed by atoms with Crippen molar-refractivity contribution in [3.8, 4) is 0 Å². The predicted molar refractivity (Wildman–Crippen MR) is 156 cm³/mol. The Morgan fingerprint density at radius 1 is 1.03 bits per heavy atom. The number of thioether (sulfide) groups is 1. The van der Waals surface area contributed by atoms with Gasteiger partial charge in [0.1, 0.15) is 11.6 Å². The second kappa shape index (κ2) is 10.7. The number of nitrogens with zero attached hydrogens (tertiary/aromatic N) is 5. The van der Waals surface area contributed by atoms with Crippen molar-refractivity contribution in [1.29, 1.82) is 0 Å². The van der Waals surface area contributed by atoms with E-state index in [1.807, 2.05) is 67.6 Å². The number of carbonyl (C=O) groups excluding carboxylic acids is 1. The van der Waals surface area contributed by atoms with Crippen LogP contribution in [0.1, 0.15) is 27.4 Å². The van der Waals surface area contributed by atoms with Gasteiger partial charge in [0.15, 0.2) is 5.78 Å². The number of para-hydroxylation sites is 2. The van der Waals surface area contributed by atoms with Gasteiger partial charge in [-0.05, 0) is 67.1 Å². The average molecular weight is 552 g/mol. The smallest absolute Gasteiger partial charge is 0.255 e. The molecule has 0 aliphatic carbocycles. The number of carbonyl (C=O) groups is 1. The van der Waals surface area contributed by atoms with E-state index < -0.39 is 0 Å². The van der Waals surface area contributed by atoms with Crippen molar-refractivity contribution in [2.45, 2.75) is 17.8 Å². The van der Waals surface area contributed by atoms with Gasteiger partial charge in [-0.15, -0.1) is 5.10 Å². The van der Waals surface area contributed by atoms with E-state index in [2.05, 4.69) is 30.4 Å². The lowest BCUT2D eigenvalue weighted by Crippen LogP contribution is -2.03. The summed E-state index contributed by atoms with van der Waals surface area (Å²) < 4.78 is 1.68. The number of rotatable bonds is 8. The second-order valence-electron chi connectivity index (χ2n) is 8.83. The van der Waals surface area contributed by atoms with Crippen molar-refractivity contribution in [3.63, 3.8) is 0 Å². The zero-order valence-electron chi connectivity index (χ0n) is 20.8. The van der Waals surface area contributed by atoms with E-state index in [1.165, 1.54) is 11.8 Å². The molecule has 0 fully saturated rings. The first-order valence-electron chi connectivity index (χ1n) is 12.2. The van der Waals surface area contributed by atoms with Crippen molar-refractivity contribution in [2.24, 2.45) is 0 Å². The first-order chi connectivity index (χ1) is 19.0. The van der Waals surface area contributed by atoms with Crippen LogP contribution in [0, 0.1) is 6.92 Å². The number of nitrogens with one attached hydrogen (secondary N) is 2. The molecule has 39 heavy (non-hydrogen) atoms. The van der Waals surface area contributed by atoms with E-state index in [-0.39, 0.29) is 5.78 Å². The highest BCUT2D eigenvalue weighted by Crippen LogP contribution is 2.24. The summed E-state index contributed by atoms with van der Waals surface area (Å²) in [4.78, 5) is 29.7. The molecule has 10 heteroatoms. The number of aryl methyl sites for hydroxylation is 1. The molecule has 6 aromatic rings. The standard InChI is InChI=1S/C29H22ClN7OS/c1-18-15-27(32-22-12-10-20(11-13-22)25(38)14-9-19-5-4-6-21(30)16-19)37-28(31-18)35-29(36-37)39-17-26-33-23-7-2-3-8-24(23)34-26/h2-16,32H,17H2,1H3,(H,33,34)/b14-9+. The highest BCUT2D eigenvalue weighted by atomic mass is 35.5. The van der Waals surface area contributed by atoms with E-state index in [0.29, 0.717) is 27.3 Å². The topological polar surface area (TPSA) is 101 Å². The van der Waals surface area contributed by atoms with Gasteiger partial charge in [-0.3, -0.25) is 4.79 Å². The normalized spacial score (nSPS) is 11.5. The molecule has 0 saturated heterocycles. The maximum Gasteiger partial charge on any atom is 0.255 e. The van der Waals surface area contributed by atoms with Gasteiger partial charge in [0.2, 0.25) is 5.16 Å². The summed E-state index contributed by atoms with van der Waals surface area (Å²) in [6.45, 7) is 1.91. The number of H-pyrrole nitrogens is 1. The van der Waals surface area contributed by atoms with Crippen molar-refractivity contribution < 1.29 is 4.79 Å². The van der Waals surface area contributed by atoms with E-state index >= 15 is 0 Å². The van der Waals surface area contributed by atoms with Gasteiger partial charge < -0.3 is 10.3 Å². The molecule has 0 saturated carbocycles. The Bertz CT molecular complexity index is 1810. The predicted octanol–water partition coefficient (Wildman–Crippen LogP) is 6.89. The minimum atomic E-state index is -0.0916. The maximum absolute atomic E-state index is 12.6. The summed E-state index contributed by atoms with van der Waals surface area (Å²) in [7, 11) is 0. The monoisotopic (exact) mass is 551 g/mol. The molecule has 0 radical (unpaired) electrons. The van der Waals surface area contributed by atoms with Crippen LogP contribution in [0.4, 0.5) is 11.5 Å². The van der Waals surface area contributed by atoms with E-state index in [4.69, 9.17) is 11.6 Å². The van der Waals surface area contributed by atoms with Crippen LogP contribution in [0.2, 0.25) is 5.02 Å². The molecule has 0 unspecified atom stereocenters. The van der Waals surface area contributed by atoms with Gasteiger partial charge >= 0.3 is 0 Å². The Labute approximate surface area is 233 Å². The van der Waals surface area contributed by atoms with Crippen LogP contribution in [0.25, 0.3) is 22.9 Å². The van der Waals surface area contributed by atoms with E-state index in [1.54, 1.807) is 34.9 Å². The SMILES string of the molecule is Cc1cc(Nc2ccc(C(=O)/C=C/c3cccc(Cl)c3)cc2)n2nc(SCc3nc4ccccc4[nH]3)nc2n1. The first kappa shape index (κ1) is 24.8. The van der Waals surface area contributed by atoms with E-state index in [9.17, 15) is 4.79 Å². The Balaban J connectivity index is 1.16. The molecule has 0 amide bonds. The highest BCUT2D eigenvalue weighted by molar-refractivity contribution is 7.98. The van der Waals surface area contributed by atoms with Crippen LogP contribution in [-0.4, -0.2) is 35.3 Å². The van der Waals surface area contributed by atoms with Gasteiger partial charge in [-0.1, -0.05) is 53.7 Å². The van der Waals surface area contributed by atoms with Crippen LogP contribution in [-0.2, 0) is 5.75 Å². The molecule has 0 spiro atoms. The summed E-state index contributed by atoms with van der Waals surface area (Å²) in [5.41, 5.74) is 5.01. The second-order valence-corrected chi connectivity index (χ2v) is 10.2. The molecular formula is C29H22ClN7OS. The number of ketones is 1. The number of anilines is 2. The Morgan fingerprint density at radius 2 is 1.87 bits per heavy atom. The minimum absolute atomic E-state index is 0.0916. The molecule has 192 valence electrons. The maximum atomic E-state index is 12.6. The number of halogens is 1. The Hall–Kier alpha value is -4.47. The van der Waals surface area contributed by atoms with Crippen molar-refractivity contribution in [2.75, 3.05) is 5.32 Å². The molecule has 6 rings (SSSR count). The largest absolute Gasteiger partial charge is 0.341 e. The molecule has 0 bridgehead atoms. The molecule has 3 aromatic carbocycles. The van der Waals surface area contributed by atoms with Gasteiger partial charge in [0.25, 0.3) is 5.78 Å². The lowest BCUT2D eigenvalue weighted by atomic mass is 10.1. The van der Waals surface area contributed by atoms with Gasteiger partial charge in [-0.25, -0.2) is 9.97 Å². The zero-order chi connectivity index (χ0) is 26.8. The van der Waals surface area contributed by atoms with Crippen LogP contribution in [0.15, 0.2) is 90.1 Å². The van der Waals surface area contributed by atoms with Crippen molar-refractivity contribution >= 4 is 63.5 Å². The van der Waals surface area contributed by atoms with Gasteiger partial charge in [0, 0.05) is 28.0 Å². The third-order valence-electron chi connectivity index (χ3n) is 5.91. The van der Waals surface area contributed by atoms with Crippen LogP contribution >= 0.6 is 23.4 Å². The van der Waals surface area contributed by atoms with Crippen LogP contribution < -0.4 is 5.32 Å². The number of imidazole rings is 1. The molecule has 8 nitrogen and oxygen atoms in total. The lowest BCUT2D eigenvalue weighted by molar-refractivity contribution is 0.104. The summed E-state index contributed by atoms with van der Waals surface area (Å²) in [5, 5.41) is 9.26. The van der Waals surface area contributed by atoms with Crippen LogP contribution in [0.5, 0.6) is 0 Å². The number of fused-ring (bicyclic) bond motifs is 2. The fraction of sp³-hybridized carbons (Fsp3) is 0.0690. The molecule has 3 heterocycles. The average Bonchev–Trinajstić information content (AvgIpc) is 3.54. The zero-order valence-corrected chi connectivity index (χ0v) is 22.4. The highest BCUT2D eigenvalue weighted by Gasteiger charge is 2.12. The summed E-state index contributed by atoms with van der Waals surface area (Å²) in [5.74, 6) is 2.60. The third kappa shape index (κ3) is 5.69. The molecule has 0 aliphatic heterocycles. The summed E-state index contributed by atoms with van der Waals surface area (Å²) >= 11 is 7.51. The fourth-order valence-electron chi connectivity index (χ4n) is 4.07. The van der Waals surface area contributed by atoms with E-state index in [0.717, 1.165) is 39.6 Å². The number of hydrogen-bond acceptors (Lipinski definition) is 7. The molecule has 0 atom stereocenters. The van der Waals surface area contributed by atoms with Gasteiger partial charge in [-0.2, -0.15) is 9.50 Å². The molecule has 2 N–H and O–H groups in total. The number of aromatic amines is 1. The number of allylic oxidation sites excluding steroid dienone is 1. The molecular weight excluding hydrogens is 530 g/mol. The minimum Gasteiger partial charge on any atom is -0.341 e. The summed E-state index contributed by atoms with van der Waals surface area (Å²) in [6, 6.07) is 24.5. The third-order valence-corrected chi connectivity index (χ3v) is 7.00. The van der Waals surface area contributed by atoms with Crippen molar-refractivity contribution in [1.82, 2.24) is 29.5 Å². The lowest BCUT2D eigenvalue weighted by Gasteiger charge is -2.09. The molecule has 3 aromatic heterocycles. The quantitative estimate of drug-likeness (QED) is 0.121. The number of hydrogen-bond donors (Lipinski definition) is 2. The Kier molecular flexibility index (Phi) is 6.83. The van der Waals surface area contributed by atoms with Crippen LogP contribution in [0.3, 0.4) is 0 Å². The van der Waals surface area contributed by atoms with Crippen molar-refractivity contribution in [3.05, 3.63) is 113 Å².